The van der Waals surface area contributed by atoms with Gasteiger partial charge in [0.25, 0.3) is 0 Å². The van der Waals surface area contributed by atoms with Crippen molar-refractivity contribution >= 4 is 17.3 Å². The van der Waals surface area contributed by atoms with Crippen LogP contribution in [-0.4, -0.2) is 11.1 Å². The molecule has 0 aromatic carbocycles. The van der Waals surface area contributed by atoms with Crippen LogP contribution in [0.5, 0.6) is 0 Å². The number of aromatic nitrogens is 1. The molecule has 0 N–H and O–H groups in total. The lowest BCUT2D eigenvalue weighted by Crippen LogP contribution is -2.05. The quantitative estimate of drug-likeness (QED) is 0.682. The summed E-state index contributed by atoms with van der Waals surface area (Å²) in [6.07, 6.45) is 1.55. The lowest BCUT2D eigenvalue weighted by molar-refractivity contribution is 0.0464. The molecule has 0 aliphatic rings. The zero-order valence-electron chi connectivity index (χ0n) is 11.6. The van der Waals surface area contributed by atoms with Crippen molar-refractivity contribution in [3.8, 4) is 11.5 Å². The van der Waals surface area contributed by atoms with Crippen molar-refractivity contribution in [3.63, 3.8) is 0 Å². The maximum Gasteiger partial charge on any atom is 0.339 e. The number of hydrogen-bond acceptors (Lipinski definition) is 6. The molecule has 0 radical (unpaired) electrons. The van der Waals surface area contributed by atoms with Crippen molar-refractivity contribution in [2.45, 2.75) is 20.5 Å². The van der Waals surface area contributed by atoms with E-state index in [4.69, 9.17) is 13.7 Å². The molecule has 0 saturated heterocycles. The van der Waals surface area contributed by atoms with E-state index in [-0.39, 0.29) is 12.6 Å². The van der Waals surface area contributed by atoms with Crippen LogP contribution in [0.3, 0.4) is 0 Å². The summed E-state index contributed by atoms with van der Waals surface area (Å²) in [7, 11) is 0. The number of hydrogen-bond donors (Lipinski definition) is 0. The summed E-state index contributed by atoms with van der Waals surface area (Å²) in [5, 5.41) is 3.86. The van der Waals surface area contributed by atoms with Gasteiger partial charge in [0.1, 0.15) is 12.3 Å². The SMILES string of the molecule is Cc1cc(C(=O)OCc2cc(-c3ccco3)on2)c(C)s1. The first kappa shape index (κ1) is 13.6. The lowest BCUT2D eigenvalue weighted by Gasteiger charge is -2.01. The van der Waals surface area contributed by atoms with Crippen LogP contribution < -0.4 is 0 Å². The fourth-order valence-corrected chi connectivity index (χ4v) is 2.88. The summed E-state index contributed by atoms with van der Waals surface area (Å²) in [4.78, 5) is 14.0. The van der Waals surface area contributed by atoms with E-state index in [1.807, 2.05) is 19.9 Å². The minimum absolute atomic E-state index is 0.0668. The molecule has 5 nitrogen and oxygen atoms in total. The van der Waals surface area contributed by atoms with E-state index >= 15 is 0 Å². The Labute approximate surface area is 125 Å². The highest BCUT2D eigenvalue weighted by Gasteiger charge is 2.15. The molecule has 0 aliphatic heterocycles. The Morgan fingerprint density at radius 1 is 1.33 bits per heavy atom. The normalized spacial score (nSPS) is 10.8. The van der Waals surface area contributed by atoms with Crippen molar-refractivity contribution in [1.29, 1.82) is 0 Å². The van der Waals surface area contributed by atoms with Gasteiger partial charge < -0.3 is 13.7 Å². The molecule has 6 heteroatoms. The zero-order chi connectivity index (χ0) is 14.8. The highest BCUT2D eigenvalue weighted by atomic mass is 32.1. The van der Waals surface area contributed by atoms with Gasteiger partial charge in [-0.2, -0.15) is 0 Å². The number of ether oxygens (including phenoxy) is 1. The fourth-order valence-electron chi connectivity index (χ4n) is 1.97. The number of aryl methyl sites for hydroxylation is 2. The number of nitrogens with zero attached hydrogens (tertiary/aromatic N) is 1. The van der Waals surface area contributed by atoms with Crippen LogP contribution in [-0.2, 0) is 11.3 Å². The van der Waals surface area contributed by atoms with Crippen LogP contribution in [0.2, 0.25) is 0 Å². The third kappa shape index (κ3) is 2.90. The molecule has 0 bridgehead atoms. The second-order valence-electron chi connectivity index (χ2n) is 4.56. The van der Waals surface area contributed by atoms with Gasteiger partial charge in [-0.05, 0) is 32.0 Å². The Morgan fingerprint density at radius 3 is 2.86 bits per heavy atom. The second kappa shape index (κ2) is 5.57. The van der Waals surface area contributed by atoms with Crippen LogP contribution >= 0.6 is 11.3 Å². The third-order valence-corrected chi connectivity index (χ3v) is 3.90. The number of carbonyl (C=O) groups excluding carboxylic acids is 1. The van der Waals surface area contributed by atoms with E-state index in [1.54, 1.807) is 35.8 Å². The van der Waals surface area contributed by atoms with Crippen molar-refractivity contribution in [2.75, 3.05) is 0 Å². The van der Waals surface area contributed by atoms with E-state index in [9.17, 15) is 4.79 Å². The van der Waals surface area contributed by atoms with Gasteiger partial charge in [0.15, 0.2) is 5.76 Å². The maximum absolute atomic E-state index is 12.0. The number of esters is 1. The molecule has 0 unspecified atom stereocenters. The highest BCUT2D eigenvalue weighted by Crippen LogP contribution is 2.23. The summed E-state index contributed by atoms with van der Waals surface area (Å²) in [5.74, 6) is 0.748. The van der Waals surface area contributed by atoms with Crippen LogP contribution in [0, 0.1) is 13.8 Å². The van der Waals surface area contributed by atoms with Gasteiger partial charge in [0.2, 0.25) is 5.76 Å². The standard InChI is InChI=1S/C15H13NO4S/c1-9-6-12(10(2)21-9)15(17)19-8-11-7-14(20-16-11)13-4-3-5-18-13/h3-7H,8H2,1-2H3. The molecule has 3 heterocycles. The molecule has 3 aromatic rings. The number of rotatable bonds is 4. The first-order valence-corrected chi connectivity index (χ1v) is 7.19. The number of carbonyl (C=O) groups is 1. The Hall–Kier alpha value is -2.34. The van der Waals surface area contributed by atoms with Gasteiger partial charge in [0.05, 0.1) is 11.8 Å². The predicted molar refractivity (Wildman–Crippen MR) is 77.1 cm³/mol. The maximum atomic E-state index is 12.0. The molecule has 3 rings (SSSR count). The van der Waals surface area contributed by atoms with Crippen molar-refractivity contribution in [2.24, 2.45) is 0 Å². The summed E-state index contributed by atoms with van der Waals surface area (Å²) in [6.45, 7) is 3.93. The summed E-state index contributed by atoms with van der Waals surface area (Å²) in [6, 6.07) is 7.06. The van der Waals surface area contributed by atoms with Crippen LogP contribution in [0.1, 0.15) is 25.8 Å². The molecule has 0 aliphatic carbocycles. The van der Waals surface area contributed by atoms with E-state index in [1.165, 1.54) is 0 Å². The summed E-state index contributed by atoms with van der Waals surface area (Å²) < 4.78 is 15.6. The van der Waals surface area contributed by atoms with E-state index in [0.717, 1.165) is 9.75 Å². The van der Waals surface area contributed by atoms with Gasteiger partial charge in [-0.25, -0.2) is 4.79 Å². The average Bonchev–Trinajstić information content (AvgIpc) is 3.15. The first-order chi connectivity index (χ1) is 10.1. The van der Waals surface area contributed by atoms with Gasteiger partial charge in [-0.1, -0.05) is 5.16 Å². The molecule has 0 fully saturated rings. The molecule has 0 saturated carbocycles. The zero-order valence-corrected chi connectivity index (χ0v) is 12.4. The monoisotopic (exact) mass is 303 g/mol. The van der Waals surface area contributed by atoms with Crippen LogP contribution in [0.4, 0.5) is 0 Å². The molecule has 0 amide bonds. The lowest BCUT2D eigenvalue weighted by atomic mass is 10.2. The minimum Gasteiger partial charge on any atom is -0.461 e. The molecule has 108 valence electrons. The predicted octanol–water partition coefficient (Wildman–Crippen LogP) is 3.97. The van der Waals surface area contributed by atoms with Crippen molar-refractivity contribution in [1.82, 2.24) is 5.16 Å². The summed E-state index contributed by atoms with van der Waals surface area (Å²) >= 11 is 1.57. The minimum atomic E-state index is -0.348. The van der Waals surface area contributed by atoms with Crippen molar-refractivity contribution < 1.29 is 18.5 Å². The number of furan rings is 1. The fraction of sp³-hybridized carbons (Fsp3) is 0.200. The van der Waals surface area contributed by atoms with Crippen LogP contribution in [0.15, 0.2) is 39.5 Å². The van der Waals surface area contributed by atoms with E-state index in [2.05, 4.69) is 5.16 Å². The molecule has 0 spiro atoms. The average molecular weight is 303 g/mol. The molecular weight excluding hydrogens is 290 g/mol. The Kier molecular flexibility index (Phi) is 3.62. The molecule has 21 heavy (non-hydrogen) atoms. The van der Waals surface area contributed by atoms with Gasteiger partial charge in [-0.3, -0.25) is 0 Å². The van der Waals surface area contributed by atoms with E-state index < -0.39 is 0 Å². The van der Waals surface area contributed by atoms with Gasteiger partial charge >= 0.3 is 5.97 Å². The van der Waals surface area contributed by atoms with Crippen molar-refractivity contribution in [3.05, 3.63) is 51.5 Å². The highest BCUT2D eigenvalue weighted by molar-refractivity contribution is 7.12. The topological polar surface area (TPSA) is 65.5 Å². The molecular formula is C15H13NO4S. The molecule has 0 atom stereocenters. The second-order valence-corrected chi connectivity index (χ2v) is 6.02. The number of thiophene rings is 1. The van der Waals surface area contributed by atoms with Gasteiger partial charge in [0, 0.05) is 15.8 Å². The third-order valence-electron chi connectivity index (χ3n) is 2.94. The Bertz CT molecular complexity index is 755. The Balaban J connectivity index is 1.65. The molecule has 3 aromatic heterocycles. The van der Waals surface area contributed by atoms with Crippen LogP contribution in [0.25, 0.3) is 11.5 Å². The van der Waals surface area contributed by atoms with Gasteiger partial charge in [-0.15, -0.1) is 11.3 Å². The van der Waals surface area contributed by atoms with E-state index in [0.29, 0.717) is 22.8 Å². The largest absolute Gasteiger partial charge is 0.461 e. The Morgan fingerprint density at radius 2 is 2.19 bits per heavy atom. The summed E-state index contributed by atoms with van der Waals surface area (Å²) in [5.41, 5.74) is 1.15. The first-order valence-electron chi connectivity index (χ1n) is 6.37. The smallest absolute Gasteiger partial charge is 0.339 e.